The lowest BCUT2D eigenvalue weighted by molar-refractivity contribution is -0.130. The van der Waals surface area contributed by atoms with Crippen molar-refractivity contribution < 1.29 is 9.90 Å². The summed E-state index contributed by atoms with van der Waals surface area (Å²) in [7, 11) is 1.98. The fourth-order valence-corrected chi connectivity index (χ4v) is 2.59. The van der Waals surface area contributed by atoms with Gasteiger partial charge in [-0.2, -0.15) is 0 Å². The van der Waals surface area contributed by atoms with Crippen molar-refractivity contribution in [1.29, 1.82) is 0 Å². The Labute approximate surface area is 140 Å². The van der Waals surface area contributed by atoms with E-state index in [1.165, 1.54) is 0 Å². The molecule has 0 aliphatic carbocycles. The van der Waals surface area contributed by atoms with Crippen molar-refractivity contribution in [3.05, 3.63) is 12.7 Å². The number of hydrogen-bond donors (Lipinski definition) is 2. The molecular formula is C17H32N4O2. The first-order valence-electron chi connectivity index (χ1n) is 8.68. The number of aliphatic hydroxyl groups is 1. The number of guanidine groups is 1. The summed E-state index contributed by atoms with van der Waals surface area (Å²) in [5.41, 5.74) is 0. The molecule has 0 aromatic heterocycles. The molecule has 6 heteroatoms. The van der Waals surface area contributed by atoms with E-state index in [2.05, 4.69) is 16.9 Å². The summed E-state index contributed by atoms with van der Waals surface area (Å²) in [5, 5.41) is 12.1. The molecular weight excluding hydrogens is 292 g/mol. The molecule has 2 N–H and O–H groups in total. The highest BCUT2D eigenvalue weighted by Gasteiger charge is 2.15. The van der Waals surface area contributed by atoms with Gasteiger partial charge in [-0.3, -0.25) is 9.79 Å². The highest BCUT2D eigenvalue weighted by molar-refractivity contribution is 5.79. The maximum atomic E-state index is 11.9. The Morgan fingerprint density at radius 1 is 1.48 bits per heavy atom. The fourth-order valence-electron chi connectivity index (χ4n) is 2.59. The van der Waals surface area contributed by atoms with Crippen LogP contribution in [0.25, 0.3) is 0 Å². The highest BCUT2D eigenvalue weighted by Crippen LogP contribution is 2.11. The summed E-state index contributed by atoms with van der Waals surface area (Å²) in [6, 6.07) is 0. The Morgan fingerprint density at radius 3 is 3.04 bits per heavy atom. The van der Waals surface area contributed by atoms with E-state index in [9.17, 15) is 4.79 Å². The second-order valence-electron chi connectivity index (χ2n) is 5.90. The minimum atomic E-state index is 0.0800. The molecule has 0 aromatic rings. The van der Waals surface area contributed by atoms with Crippen molar-refractivity contribution in [1.82, 2.24) is 15.1 Å². The van der Waals surface area contributed by atoms with Crippen LogP contribution in [0, 0.1) is 0 Å². The molecule has 132 valence electrons. The summed E-state index contributed by atoms with van der Waals surface area (Å²) in [4.78, 5) is 20.6. The van der Waals surface area contributed by atoms with E-state index in [0.717, 1.165) is 57.7 Å². The molecule has 1 heterocycles. The number of aliphatic imine (C=N–C) groups is 1. The van der Waals surface area contributed by atoms with Crippen molar-refractivity contribution in [2.75, 3.05) is 46.4 Å². The maximum Gasteiger partial charge on any atom is 0.222 e. The van der Waals surface area contributed by atoms with Gasteiger partial charge >= 0.3 is 0 Å². The second kappa shape index (κ2) is 11.9. The van der Waals surface area contributed by atoms with E-state index in [1.807, 2.05) is 22.9 Å². The van der Waals surface area contributed by atoms with E-state index in [0.29, 0.717) is 19.5 Å². The molecule has 0 bridgehead atoms. The molecule has 1 fully saturated rings. The van der Waals surface area contributed by atoms with Gasteiger partial charge in [0, 0.05) is 46.2 Å². The number of carbonyl (C=O) groups is 1. The van der Waals surface area contributed by atoms with Crippen LogP contribution < -0.4 is 5.32 Å². The van der Waals surface area contributed by atoms with Crippen molar-refractivity contribution in [2.24, 2.45) is 4.99 Å². The molecule has 0 aromatic carbocycles. The zero-order chi connectivity index (χ0) is 16.9. The zero-order valence-corrected chi connectivity index (χ0v) is 14.5. The number of aliphatic hydroxyl groups excluding tert-OH is 1. The van der Waals surface area contributed by atoms with Gasteiger partial charge in [0.05, 0.1) is 6.61 Å². The lowest BCUT2D eigenvalue weighted by atomic mass is 10.2. The lowest BCUT2D eigenvalue weighted by Gasteiger charge is -2.22. The first kappa shape index (κ1) is 19.5. The van der Waals surface area contributed by atoms with Crippen LogP contribution >= 0.6 is 0 Å². The third-order valence-electron chi connectivity index (χ3n) is 3.94. The third-order valence-corrected chi connectivity index (χ3v) is 3.94. The van der Waals surface area contributed by atoms with Crippen LogP contribution in [0.5, 0.6) is 0 Å². The summed E-state index contributed by atoms with van der Waals surface area (Å²) < 4.78 is 0. The Kier molecular flexibility index (Phi) is 10.1. The van der Waals surface area contributed by atoms with Gasteiger partial charge in [-0.1, -0.05) is 12.5 Å². The standard InChI is InChI=1S/C17H32N4O2/c1-3-4-12-20(2)17(19-11-15-22)18-10-8-14-21-13-7-5-6-9-16(21)23/h3,22H,1,4-15H2,2H3,(H,18,19). The maximum absolute atomic E-state index is 11.9. The molecule has 0 atom stereocenters. The van der Waals surface area contributed by atoms with Crippen LogP contribution in [-0.2, 0) is 4.79 Å². The predicted octanol–water partition coefficient (Wildman–Crippen LogP) is 1.22. The van der Waals surface area contributed by atoms with Gasteiger partial charge in [-0.05, 0) is 25.7 Å². The molecule has 1 amide bonds. The number of likely N-dealkylation sites (tertiary alicyclic amines) is 1. The Hall–Kier alpha value is -1.56. The SMILES string of the molecule is C=CCCN(C)C(=NCCCN1CCCCCC1=O)NCCO. The Balaban J connectivity index is 2.41. The minimum absolute atomic E-state index is 0.0800. The number of nitrogens with zero attached hydrogens (tertiary/aromatic N) is 3. The Bertz CT molecular complexity index is 385. The molecule has 23 heavy (non-hydrogen) atoms. The number of nitrogens with one attached hydrogen (secondary N) is 1. The van der Waals surface area contributed by atoms with Crippen LogP contribution in [0.15, 0.2) is 17.6 Å². The number of rotatable bonds is 9. The fraction of sp³-hybridized carbons (Fsp3) is 0.765. The molecule has 1 rings (SSSR count). The molecule has 0 radical (unpaired) electrons. The van der Waals surface area contributed by atoms with E-state index in [-0.39, 0.29) is 12.5 Å². The molecule has 6 nitrogen and oxygen atoms in total. The number of carbonyl (C=O) groups excluding carboxylic acids is 1. The molecule has 0 unspecified atom stereocenters. The van der Waals surface area contributed by atoms with Gasteiger partial charge < -0.3 is 20.2 Å². The first-order chi connectivity index (χ1) is 11.2. The van der Waals surface area contributed by atoms with E-state index in [4.69, 9.17) is 5.11 Å². The van der Waals surface area contributed by atoms with Crippen LogP contribution in [0.2, 0.25) is 0 Å². The molecule has 1 aliphatic rings. The van der Waals surface area contributed by atoms with Crippen LogP contribution in [0.4, 0.5) is 0 Å². The summed E-state index contributed by atoms with van der Waals surface area (Å²) in [6.07, 6.45) is 7.62. The molecule has 0 saturated carbocycles. The van der Waals surface area contributed by atoms with Gasteiger partial charge in [0.15, 0.2) is 5.96 Å². The zero-order valence-electron chi connectivity index (χ0n) is 14.5. The lowest BCUT2D eigenvalue weighted by Crippen LogP contribution is -2.41. The van der Waals surface area contributed by atoms with E-state index < -0.39 is 0 Å². The largest absolute Gasteiger partial charge is 0.395 e. The minimum Gasteiger partial charge on any atom is -0.395 e. The van der Waals surface area contributed by atoms with Gasteiger partial charge in [-0.25, -0.2) is 0 Å². The predicted molar refractivity (Wildman–Crippen MR) is 94.5 cm³/mol. The molecule has 1 saturated heterocycles. The number of hydrogen-bond acceptors (Lipinski definition) is 3. The normalized spacial score (nSPS) is 16.2. The number of amides is 1. The smallest absolute Gasteiger partial charge is 0.222 e. The van der Waals surface area contributed by atoms with Crippen molar-refractivity contribution >= 4 is 11.9 Å². The van der Waals surface area contributed by atoms with Crippen LogP contribution in [-0.4, -0.2) is 73.2 Å². The summed E-state index contributed by atoms with van der Waals surface area (Å²) in [6.45, 7) is 7.48. The topological polar surface area (TPSA) is 68.2 Å². The second-order valence-corrected chi connectivity index (χ2v) is 5.90. The third kappa shape index (κ3) is 8.02. The average Bonchev–Trinajstić information content (AvgIpc) is 2.76. The summed E-state index contributed by atoms with van der Waals surface area (Å²) >= 11 is 0. The van der Waals surface area contributed by atoms with E-state index in [1.54, 1.807) is 0 Å². The van der Waals surface area contributed by atoms with Crippen molar-refractivity contribution in [3.8, 4) is 0 Å². The van der Waals surface area contributed by atoms with Gasteiger partial charge in [0.1, 0.15) is 0 Å². The highest BCUT2D eigenvalue weighted by atomic mass is 16.3. The van der Waals surface area contributed by atoms with Crippen molar-refractivity contribution in [3.63, 3.8) is 0 Å². The summed E-state index contributed by atoms with van der Waals surface area (Å²) in [5.74, 6) is 1.08. The Morgan fingerprint density at radius 2 is 2.30 bits per heavy atom. The average molecular weight is 324 g/mol. The van der Waals surface area contributed by atoms with Gasteiger partial charge in [0.2, 0.25) is 5.91 Å². The molecule has 1 aliphatic heterocycles. The molecule has 0 spiro atoms. The first-order valence-corrected chi connectivity index (χ1v) is 8.68. The van der Waals surface area contributed by atoms with Gasteiger partial charge in [0.25, 0.3) is 0 Å². The monoisotopic (exact) mass is 324 g/mol. The van der Waals surface area contributed by atoms with Crippen LogP contribution in [0.1, 0.15) is 38.5 Å². The van der Waals surface area contributed by atoms with Crippen LogP contribution in [0.3, 0.4) is 0 Å². The van der Waals surface area contributed by atoms with E-state index >= 15 is 0 Å². The quantitative estimate of drug-likeness (QED) is 0.290. The van der Waals surface area contributed by atoms with Gasteiger partial charge in [-0.15, -0.1) is 6.58 Å². The van der Waals surface area contributed by atoms with Crippen molar-refractivity contribution in [2.45, 2.75) is 38.5 Å².